The van der Waals surface area contributed by atoms with Gasteiger partial charge in [0, 0.05) is 36.5 Å². The van der Waals surface area contributed by atoms with E-state index in [0.717, 1.165) is 35.3 Å². The molecule has 0 N–H and O–H groups in total. The lowest BCUT2D eigenvalue weighted by Crippen LogP contribution is -2.37. The normalized spacial score (nSPS) is 14.4. The second kappa shape index (κ2) is 10.4. The fourth-order valence-corrected chi connectivity index (χ4v) is 4.36. The number of nitrogens with zero attached hydrogens (tertiary/aromatic N) is 3. The first kappa shape index (κ1) is 22.6. The van der Waals surface area contributed by atoms with Crippen LogP contribution in [0, 0.1) is 0 Å². The van der Waals surface area contributed by atoms with Gasteiger partial charge in [0.1, 0.15) is 5.69 Å². The van der Waals surface area contributed by atoms with Crippen molar-refractivity contribution in [2.45, 2.75) is 38.1 Å². The predicted octanol–water partition coefficient (Wildman–Crippen LogP) is 5.36. The highest BCUT2D eigenvalue weighted by Gasteiger charge is 2.21. The number of amides is 1. The molecule has 1 heterocycles. The monoisotopic (exact) mass is 445 g/mol. The lowest BCUT2D eigenvalue weighted by molar-refractivity contribution is -0.127. The molecule has 0 spiro atoms. The number of aromatic nitrogens is 2. The van der Waals surface area contributed by atoms with Gasteiger partial charge in [-0.2, -0.15) is 5.10 Å². The number of carbonyl (C=O) groups excluding carboxylic acids is 1. The van der Waals surface area contributed by atoms with Crippen molar-refractivity contribution in [3.63, 3.8) is 0 Å². The van der Waals surface area contributed by atoms with Gasteiger partial charge in [0.2, 0.25) is 5.91 Å². The molecule has 0 unspecified atom stereocenters. The van der Waals surface area contributed by atoms with Crippen LogP contribution in [0.3, 0.4) is 0 Å². The van der Waals surface area contributed by atoms with E-state index in [4.69, 9.17) is 14.6 Å². The topological polar surface area (TPSA) is 56.6 Å². The molecule has 33 heavy (non-hydrogen) atoms. The van der Waals surface area contributed by atoms with Crippen LogP contribution in [-0.4, -0.2) is 47.9 Å². The van der Waals surface area contributed by atoms with Crippen LogP contribution >= 0.6 is 0 Å². The van der Waals surface area contributed by atoms with Crippen molar-refractivity contribution in [1.29, 1.82) is 0 Å². The van der Waals surface area contributed by atoms with Gasteiger partial charge < -0.3 is 14.4 Å². The zero-order chi connectivity index (χ0) is 23.2. The SMILES string of the molecule is COc1ccc(-c2nn(-c3ccccc3)cc2/C=C/C(=O)N(C)C2CCCCC2)cc1OC. The van der Waals surface area contributed by atoms with E-state index in [1.807, 2.05) is 77.4 Å². The van der Waals surface area contributed by atoms with Crippen LogP contribution in [0.2, 0.25) is 0 Å². The largest absolute Gasteiger partial charge is 0.493 e. The molecule has 1 aromatic heterocycles. The zero-order valence-electron chi connectivity index (χ0n) is 19.5. The van der Waals surface area contributed by atoms with E-state index in [1.54, 1.807) is 20.3 Å². The molecule has 0 atom stereocenters. The molecular weight excluding hydrogens is 414 g/mol. The summed E-state index contributed by atoms with van der Waals surface area (Å²) in [5, 5.41) is 4.84. The predicted molar refractivity (Wildman–Crippen MR) is 131 cm³/mol. The van der Waals surface area contributed by atoms with E-state index in [0.29, 0.717) is 17.5 Å². The highest BCUT2D eigenvalue weighted by Crippen LogP contribution is 2.34. The van der Waals surface area contributed by atoms with Gasteiger partial charge in [-0.05, 0) is 49.2 Å². The molecule has 3 aromatic rings. The molecule has 1 aliphatic rings. The standard InChI is InChI=1S/C27H31N3O3/c1-29(22-10-6-4-7-11-22)26(31)17-15-21-19-30(23-12-8-5-9-13-23)28-27(21)20-14-16-24(32-2)25(18-20)33-3/h5,8-9,12-19,22H,4,6-7,10-11H2,1-3H3/b17-15+. The Balaban J connectivity index is 1.68. The summed E-state index contributed by atoms with van der Waals surface area (Å²) in [6.07, 6.45) is 11.3. The first-order valence-electron chi connectivity index (χ1n) is 11.4. The molecule has 1 fully saturated rings. The molecule has 4 rings (SSSR count). The van der Waals surface area contributed by atoms with Crippen LogP contribution in [-0.2, 0) is 4.79 Å². The maximum absolute atomic E-state index is 12.9. The summed E-state index contributed by atoms with van der Waals surface area (Å²) >= 11 is 0. The molecule has 6 heteroatoms. The van der Waals surface area contributed by atoms with Crippen LogP contribution in [0.4, 0.5) is 0 Å². The third-order valence-electron chi connectivity index (χ3n) is 6.30. The molecule has 6 nitrogen and oxygen atoms in total. The smallest absolute Gasteiger partial charge is 0.246 e. The van der Waals surface area contributed by atoms with Crippen molar-refractivity contribution in [2.75, 3.05) is 21.3 Å². The van der Waals surface area contributed by atoms with Gasteiger partial charge in [0.15, 0.2) is 11.5 Å². The molecule has 0 aliphatic heterocycles. The molecular formula is C27H31N3O3. The minimum Gasteiger partial charge on any atom is -0.493 e. The molecule has 1 amide bonds. The Hall–Kier alpha value is -3.54. The summed E-state index contributed by atoms with van der Waals surface area (Å²) in [6.45, 7) is 0. The van der Waals surface area contributed by atoms with E-state index in [1.165, 1.54) is 19.3 Å². The lowest BCUT2D eigenvalue weighted by atomic mass is 9.94. The van der Waals surface area contributed by atoms with Crippen molar-refractivity contribution in [2.24, 2.45) is 0 Å². The Kier molecular flexibility index (Phi) is 7.13. The van der Waals surface area contributed by atoms with Gasteiger partial charge >= 0.3 is 0 Å². The fraction of sp³-hybridized carbons (Fsp3) is 0.333. The number of hydrogen-bond acceptors (Lipinski definition) is 4. The average molecular weight is 446 g/mol. The van der Waals surface area contributed by atoms with Gasteiger partial charge in [-0.15, -0.1) is 0 Å². The van der Waals surface area contributed by atoms with Crippen LogP contribution in [0.5, 0.6) is 11.5 Å². The molecule has 0 saturated heterocycles. The molecule has 1 saturated carbocycles. The van der Waals surface area contributed by atoms with Gasteiger partial charge in [-0.25, -0.2) is 4.68 Å². The quantitative estimate of drug-likeness (QED) is 0.460. The molecule has 0 bridgehead atoms. The number of benzene rings is 2. The summed E-state index contributed by atoms with van der Waals surface area (Å²) in [5.74, 6) is 1.31. The van der Waals surface area contributed by atoms with Gasteiger partial charge in [0.05, 0.1) is 19.9 Å². The molecule has 2 aromatic carbocycles. The van der Waals surface area contributed by atoms with Crippen molar-refractivity contribution < 1.29 is 14.3 Å². The lowest BCUT2D eigenvalue weighted by Gasteiger charge is -2.30. The Morgan fingerprint density at radius 3 is 2.45 bits per heavy atom. The van der Waals surface area contributed by atoms with E-state index >= 15 is 0 Å². The maximum atomic E-state index is 12.9. The minimum atomic E-state index is 0.0209. The van der Waals surface area contributed by atoms with E-state index in [9.17, 15) is 4.79 Å². The number of rotatable bonds is 7. The summed E-state index contributed by atoms with van der Waals surface area (Å²) < 4.78 is 12.7. The maximum Gasteiger partial charge on any atom is 0.246 e. The summed E-state index contributed by atoms with van der Waals surface area (Å²) in [4.78, 5) is 14.8. The van der Waals surface area contributed by atoms with Crippen molar-refractivity contribution >= 4 is 12.0 Å². The van der Waals surface area contributed by atoms with E-state index in [2.05, 4.69) is 0 Å². The summed E-state index contributed by atoms with van der Waals surface area (Å²) in [5.41, 5.74) is 3.46. The Morgan fingerprint density at radius 1 is 1.03 bits per heavy atom. The van der Waals surface area contributed by atoms with Crippen molar-refractivity contribution in [3.05, 3.63) is 66.4 Å². The van der Waals surface area contributed by atoms with E-state index in [-0.39, 0.29) is 5.91 Å². The van der Waals surface area contributed by atoms with Crippen LogP contribution < -0.4 is 9.47 Å². The Morgan fingerprint density at radius 2 is 1.76 bits per heavy atom. The minimum absolute atomic E-state index is 0.0209. The number of carbonyl (C=O) groups is 1. The third-order valence-corrected chi connectivity index (χ3v) is 6.30. The number of likely N-dealkylation sites (N-methyl/N-ethyl adjacent to an activating group) is 1. The third kappa shape index (κ3) is 5.11. The number of para-hydroxylation sites is 1. The Labute approximate surface area is 195 Å². The highest BCUT2D eigenvalue weighted by molar-refractivity contribution is 5.93. The number of hydrogen-bond donors (Lipinski definition) is 0. The van der Waals surface area contributed by atoms with Crippen molar-refractivity contribution in [3.8, 4) is 28.4 Å². The van der Waals surface area contributed by atoms with Gasteiger partial charge in [0.25, 0.3) is 0 Å². The molecule has 172 valence electrons. The fourth-order valence-electron chi connectivity index (χ4n) is 4.36. The number of ether oxygens (including phenoxy) is 2. The Bertz CT molecular complexity index is 1110. The van der Waals surface area contributed by atoms with Crippen molar-refractivity contribution in [1.82, 2.24) is 14.7 Å². The van der Waals surface area contributed by atoms with Gasteiger partial charge in [-0.3, -0.25) is 4.79 Å². The second-order valence-corrected chi connectivity index (χ2v) is 8.36. The number of methoxy groups -OCH3 is 2. The first-order chi connectivity index (χ1) is 16.1. The van der Waals surface area contributed by atoms with E-state index < -0.39 is 0 Å². The molecule has 0 radical (unpaired) electrons. The van der Waals surface area contributed by atoms with Crippen LogP contribution in [0.25, 0.3) is 23.0 Å². The highest BCUT2D eigenvalue weighted by atomic mass is 16.5. The van der Waals surface area contributed by atoms with Gasteiger partial charge in [-0.1, -0.05) is 37.5 Å². The first-order valence-corrected chi connectivity index (χ1v) is 11.4. The van der Waals surface area contributed by atoms with Crippen LogP contribution in [0.15, 0.2) is 60.8 Å². The average Bonchev–Trinajstić information content (AvgIpc) is 3.31. The second-order valence-electron chi connectivity index (χ2n) is 8.36. The van der Waals surface area contributed by atoms with Crippen LogP contribution in [0.1, 0.15) is 37.7 Å². The zero-order valence-corrected chi connectivity index (χ0v) is 19.5. The molecule has 1 aliphatic carbocycles. The summed E-state index contributed by atoms with van der Waals surface area (Å²) in [6, 6.07) is 16.0. The summed E-state index contributed by atoms with van der Waals surface area (Å²) in [7, 11) is 5.14.